The molecule has 1 aliphatic rings. The number of hydrogen-bond acceptors (Lipinski definition) is 4. The number of hydrogen-bond donors (Lipinski definition) is 3. The Bertz CT molecular complexity index is 856. The smallest absolute Gasteiger partial charge is 0.315 e. The van der Waals surface area contributed by atoms with E-state index in [9.17, 15) is 18.4 Å². The summed E-state index contributed by atoms with van der Waals surface area (Å²) in [5.74, 6) is -0.998. The lowest BCUT2D eigenvalue weighted by atomic mass is 10.0. The largest absolute Gasteiger partial charge is 0.379 e. The molecule has 3 amide bonds. The number of benzene rings is 2. The molecule has 1 unspecified atom stereocenters. The highest BCUT2D eigenvalue weighted by Gasteiger charge is 2.23. The van der Waals surface area contributed by atoms with Crippen LogP contribution < -0.4 is 16.0 Å². The number of morpholine rings is 1. The van der Waals surface area contributed by atoms with Gasteiger partial charge in [0.05, 0.1) is 25.8 Å². The van der Waals surface area contributed by atoms with Crippen LogP contribution in [0.15, 0.2) is 48.5 Å². The van der Waals surface area contributed by atoms with Crippen molar-refractivity contribution in [3.05, 3.63) is 71.3 Å². The highest BCUT2D eigenvalue weighted by Crippen LogP contribution is 2.21. The van der Waals surface area contributed by atoms with Gasteiger partial charge in [-0.25, -0.2) is 13.6 Å². The Balaban J connectivity index is 1.45. The number of urea groups is 1. The molecule has 1 atom stereocenters. The lowest BCUT2D eigenvalue weighted by molar-refractivity contribution is -0.120. The summed E-state index contributed by atoms with van der Waals surface area (Å²) in [7, 11) is 0. The van der Waals surface area contributed by atoms with Gasteiger partial charge in [-0.05, 0) is 35.4 Å². The van der Waals surface area contributed by atoms with Gasteiger partial charge in [0.2, 0.25) is 5.91 Å². The molecule has 0 aliphatic carbocycles. The number of ether oxygens (including phenoxy) is 1. The fourth-order valence-corrected chi connectivity index (χ4v) is 3.31. The van der Waals surface area contributed by atoms with Gasteiger partial charge in [0.1, 0.15) is 11.6 Å². The van der Waals surface area contributed by atoms with Crippen molar-refractivity contribution >= 4 is 11.9 Å². The van der Waals surface area contributed by atoms with E-state index in [1.54, 1.807) is 24.3 Å². The Morgan fingerprint density at radius 3 is 2.16 bits per heavy atom. The molecule has 166 valence electrons. The minimum Gasteiger partial charge on any atom is -0.379 e. The minimum atomic E-state index is -0.497. The van der Waals surface area contributed by atoms with Crippen molar-refractivity contribution in [1.82, 2.24) is 20.9 Å². The molecule has 3 N–H and O–H groups in total. The molecular formula is C22H26F2N4O3. The third-order valence-corrected chi connectivity index (χ3v) is 5.01. The van der Waals surface area contributed by atoms with Crippen LogP contribution in [0.1, 0.15) is 17.2 Å². The lowest BCUT2D eigenvalue weighted by Crippen LogP contribution is -2.46. The summed E-state index contributed by atoms with van der Waals surface area (Å²) < 4.78 is 31.6. The molecule has 0 saturated carbocycles. The predicted molar refractivity (Wildman–Crippen MR) is 111 cm³/mol. The van der Waals surface area contributed by atoms with Crippen LogP contribution in [0.5, 0.6) is 0 Å². The molecule has 1 heterocycles. The van der Waals surface area contributed by atoms with Gasteiger partial charge in [0, 0.05) is 26.2 Å². The van der Waals surface area contributed by atoms with Crippen molar-refractivity contribution in [3.63, 3.8) is 0 Å². The highest BCUT2D eigenvalue weighted by atomic mass is 19.1. The van der Waals surface area contributed by atoms with Gasteiger partial charge in [0.15, 0.2) is 0 Å². The summed E-state index contributed by atoms with van der Waals surface area (Å²) in [6.07, 6.45) is 0. The summed E-state index contributed by atoms with van der Waals surface area (Å²) in [6, 6.07) is 11.4. The van der Waals surface area contributed by atoms with E-state index in [0.29, 0.717) is 32.8 Å². The van der Waals surface area contributed by atoms with Crippen LogP contribution in [0.4, 0.5) is 13.6 Å². The predicted octanol–water partition coefficient (Wildman–Crippen LogP) is 1.95. The third kappa shape index (κ3) is 7.30. The minimum absolute atomic E-state index is 0.124. The van der Waals surface area contributed by atoms with Crippen LogP contribution >= 0.6 is 0 Å². The van der Waals surface area contributed by atoms with Crippen molar-refractivity contribution in [2.45, 2.75) is 12.6 Å². The van der Waals surface area contributed by atoms with Gasteiger partial charge in [-0.15, -0.1) is 0 Å². The maximum Gasteiger partial charge on any atom is 0.315 e. The normalized spacial score (nSPS) is 15.2. The van der Waals surface area contributed by atoms with E-state index in [0.717, 1.165) is 11.1 Å². The zero-order valence-corrected chi connectivity index (χ0v) is 17.1. The first-order valence-electron chi connectivity index (χ1n) is 10.1. The zero-order valence-electron chi connectivity index (χ0n) is 17.1. The molecular weight excluding hydrogens is 406 g/mol. The maximum absolute atomic E-state index is 13.3. The number of halogens is 2. The summed E-state index contributed by atoms with van der Waals surface area (Å²) in [5, 5.41) is 7.94. The van der Waals surface area contributed by atoms with Crippen molar-refractivity contribution in [2.24, 2.45) is 0 Å². The number of nitrogens with one attached hydrogen (secondary N) is 3. The van der Waals surface area contributed by atoms with Gasteiger partial charge >= 0.3 is 6.03 Å². The van der Waals surface area contributed by atoms with Crippen LogP contribution in [-0.2, 0) is 16.1 Å². The van der Waals surface area contributed by atoms with E-state index in [1.807, 2.05) is 0 Å². The molecule has 0 aromatic heterocycles. The molecule has 9 heteroatoms. The van der Waals surface area contributed by atoms with Crippen molar-refractivity contribution < 1.29 is 23.1 Å². The molecule has 0 radical (unpaired) electrons. The van der Waals surface area contributed by atoms with Crippen LogP contribution in [0.25, 0.3) is 0 Å². The number of carbonyl (C=O) groups is 2. The van der Waals surface area contributed by atoms with E-state index in [4.69, 9.17) is 4.74 Å². The van der Waals surface area contributed by atoms with Crippen molar-refractivity contribution in [3.8, 4) is 0 Å². The quantitative estimate of drug-likeness (QED) is 0.596. The fourth-order valence-electron chi connectivity index (χ4n) is 3.31. The summed E-state index contributed by atoms with van der Waals surface area (Å²) in [5.41, 5.74) is 1.64. The average Bonchev–Trinajstić information content (AvgIpc) is 2.79. The second-order valence-corrected chi connectivity index (χ2v) is 7.18. The van der Waals surface area contributed by atoms with E-state index >= 15 is 0 Å². The number of nitrogens with zero attached hydrogens (tertiary/aromatic N) is 1. The summed E-state index contributed by atoms with van der Waals surface area (Å²) in [6.45, 7) is 2.97. The first-order chi connectivity index (χ1) is 15.0. The van der Waals surface area contributed by atoms with E-state index in [2.05, 4.69) is 20.9 Å². The monoisotopic (exact) mass is 432 g/mol. The Morgan fingerprint density at radius 1 is 0.903 bits per heavy atom. The Hall–Kier alpha value is -3.04. The number of carbonyl (C=O) groups excluding carboxylic acids is 2. The fraction of sp³-hybridized carbons (Fsp3) is 0.364. The second-order valence-electron chi connectivity index (χ2n) is 7.18. The average molecular weight is 432 g/mol. The molecule has 3 rings (SSSR count). The van der Waals surface area contributed by atoms with Gasteiger partial charge in [-0.3, -0.25) is 9.69 Å². The Kier molecular flexibility index (Phi) is 8.31. The molecule has 31 heavy (non-hydrogen) atoms. The van der Waals surface area contributed by atoms with Crippen LogP contribution in [-0.4, -0.2) is 56.2 Å². The lowest BCUT2D eigenvalue weighted by Gasteiger charge is -2.35. The number of rotatable bonds is 8. The zero-order chi connectivity index (χ0) is 22.1. The van der Waals surface area contributed by atoms with Crippen LogP contribution in [0, 0.1) is 11.6 Å². The molecule has 0 spiro atoms. The second kappa shape index (κ2) is 11.4. The van der Waals surface area contributed by atoms with Crippen LogP contribution in [0.2, 0.25) is 0 Å². The van der Waals surface area contributed by atoms with E-state index in [1.165, 1.54) is 24.3 Å². The Morgan fingerprint density at radius 2 is 1.52 bits per heavy atom. The van der Waals surface area contributed by atoms with Gasteiger partial charge < -0.3 is 20.7 Å². The van der Waals surface area contributed by atoms with Gasteiger partial charge in [0.25, 0.3) is 0 Å². The third-order valence-electron chi connectivity index (χ3n) is 5.01. The summed E-state index contributed by atoms with van der Waals surface area (Å²) >= 11 is 0. The first-order valence-corrected chi connectivity index (χ1v) is 10.1. The van der Waals surface area contributed by atoms with Crippen LogP contribution in [0.3, 0.4) is 0 Å². The van der Waals surface area contributed by atoms with Crippen molar-refractivity contribution in [1.29, 1.82) is 0 Å². The molecule has 1 aliphatic heterocycles. The molecule has 1 saturated heterocycles. The topological polar surface area (TPSA) is 82.7 Å². The van der Waals surface area contributed by atoms with Gasteiger partial charge in [-0.2, -0.15) is 0 Å². The molecule has 7 nitrogen and oxygen atoms in total. The van der Waals surface area contributed by atoms with Gasteiger partial charge in [-0.1, -0.05) is 24.3 Å². The standard InChI is InChI=1S/C22H26F2N4O3/c23-18-5-1-16(2-6-18)13-26-22(30)27-15-21(29)25-14-20(28-9-11-31-12-10-28)17-3-7-19(24)8-4-17/h1-8,20H,9-15H2,(H,25,29)(H2,26,27,30). The van der Waals surface area contributed by atoms with E-state index < -0.39 is 6.03 Å². The van der Waals surface area contributed by atoms with Crippen molar-refractivity contribution in [2.75, 3.05) is 39.4 Å². The molecule has 2 aromatic carbocycles. The SMILES string of the molecule is O=C(CNC(=O)NCc1ccc(F)cc1)NCC(c1ccc(F)cc1)N1CCOCC1. The highest BCUT2D eigenvalue weighted by molar-refractivity contribution is 5.83. The first kappa shape index (κ1) is 22.6. The molecule has 0 bridgehead atoms. The Labute approximate surface area is 179 Å². The van der Waals surface area contributed by atoms with E-state index in [-0.39, 0.29) is 36.7 Å². The molecule has 2 aromatic rings. The summed E-state index contributed by atoms with van der Waals surface area (Å²) in [4.78, 5) is 26.3. The molecule has 1 fully saturated rings. The number of amides is 3. The maximum atomic E-state index is 13.3.